The molecule has 0 unspecified atom stereocenters. The van der Waals surface area contributed by atoms with Crippen LogP contribution in [0.5, 0.6) is 0 Å². The number of rotatable bonds is 3. The number of piperidine rings is 1. The van der Waals surface area contributed by atoms with Crippen LogP contribution in [0.2, 0.25) is 10.0 Å². The Labute approximate surface area is 197 Å². The summed E-state index contributed by atoms with van der Waals surface area (Å²) in [6.45, 7) is 6.34. The maximum Gasteiger partial charge on any atom is 0.211 e. The average molecular weight is 476 g/mol. The fraction of sp³-hybridized carbons (Fsp3) is 0.478. The van der Waals surface area contributed by atoms with Gasteiger partial charge in [-0.1, -0.05) is 48.0 Å². The number of aryl methyl sites for hydroxylation is 1. The van der Waals surface area contributed by atoms with E-state index in [9.17, 15) is 0 Å². The number of nitrogens with two attached hydrogens (primary N) is 1. The Morgan fingerprint density at radius 1 is 1.23 bits per heavy atom. The minimum absolute atomic E-state index is 0.304. The molecule has 1 aliphatic carbocycles. The number of hydrogen-bond acceptors (Lipinski definition) is 5. The average Bonchev–Trinajstić information content (AvgIpc) is 3.32. The van der Waals surface area contributed by atoms with Gasteiger partial charge in [0.2, 0.25) is 5.95 Å². The maximum atomic E-state index is 6.56. The topological polar surface area (TPSA) is 59.5 Å². The van der Waals surface area contributed by atoms with Gasteiger partial charge in [-0.05, 0) is 56.1 Å². The number of halogens is 2. The number of imidazole rings is 1. The Hall–Kier alpha value is -1.47. The highest BCUT2D eigenvalue weighted by molar-refractivity contribution is 7.99. The molecule has 3 heterocycles. The van der Waals surface area contributed by atoms with E-state index in [2.05, 4.69) is 21.2 Å². The monoisotopic (exact) mass is 475 g/mol. The normalized spacial score (nSPS) is 23.2. The molecule has 2 fully saturated rings. The van der Waals surface area contributed by atoms with Crippen molar-refractivity contribution in [3.8, 4) is 0 Å². The van der Waals surface area contributed by atoms with Crippen molar-refractivity contribution in [2.75, 3.05) is 18.0 Å². The summed E-state index contributed by atoms with van der Waals surface area (Å²) in [5.74, 6) is 1.69. The summed E-state index contributed by atoms with van der Waals surface area (Å²) in [5, 5.41) is 1.11. The van der Waals surface area contributed by atoms with Crippen LogP contribution in [0.15, 0.2) is 40.4 Å². The van der Waals surface area contributed by atoms with Gasteiger partial charge in [0.15, 0.2) is 5.65 Å². The lowest BCUT2D eigenvalue weighted by Gasteiger charge is -2.42. The summed E-state index contributed by atoms with van der Waals surface area (Å²) in [6.07, 6.45) is 8.50. The number of benzene rings is 1. The summed E-state index contributed by atoms with van der Waals surface area (Å²) < 4.78 is 2.10. The number of fused-ring (bicyclic) bond motifs is 1. The Balaban J connectivity index is 1.45. The van der Waals surface area contributed by atoms with E-state index < -0.39 is 0 Å². The molecule has 1 spiro atoms. The van der Waals surface area contributed by atoms with Crippen molar-refractivity contribution in [2.24, 2.45) is 17.1 Å². The second-order valence-corrected chi connectivity index (χ2v) is 10.9. The third-order valence-corrected chi connectivity index (χ3v) is 9.20. The number of nitrogens with zero attached hydrogens (tertiary/aromatic N) is 4. The van der Waals surface area contributed by atoms with E-state index in [1.54, 1.807) is 17.8 Å². The molecule has 3 aromatic rings. The molecule has 0 amide bonds. The zero-order valence-electron chi connectivity index (χ0n) is 17.8. The van der Waals surface area contributed by atoms with E-state index in [1.807, 2.05) is 31.5 Å². The van der Waals surface area contributed by atoms with Crippen LogP contribution in [-0.4, -0.2) is 33.5 Å². The highest BCUT2D eigenvalue weighted by atomic mass is 35.5. The molecular formula is C23H27Cl2N5S. The molecular weight excluding hydrogens is 449 g/mol. The molecule has 2 aromatic heterocycles. The van der Waals surface area contributed by atoms with E-state index in [4.69, 9.17) is 33.9 Å². The van der Waals surface area contributed by atoms with E-state index in [1.165, 1.54) is 6.42 Å². The van der Waals surface area contributed by atoms with Gasteiger partial charge in [-0.15, -0.1) is 0 Å². The maximum absolute atomic E-state index is 6.56. The fourth-order valence-electron chi connectivity index (χ4n) is 5.40. The van der Waals surface area contributed by atoms with Crippen molar-refractivity contribution in [2.45, 2.75) is 55.4 Å². The Morgan fingerprint density at radius 3 is 2.71 bits per heavy atom. The SMILES string of the molecule is Cc1nc(N2CCC3(CC2)C[C@@H](C)C[C@H]3N)n2ccnc2c1Sc1cccc(Cl)c1Cl. The van der Waals surface area contributed by atoms with Gasteiger partial charge < -0.3 is 10.6 Å². The van der Waals surface area contributed by atoms with Gasteiger partial charge >= 0.3 is 0 Å². The van der Waals surface area contributed by atoms with E-state index in [-0.39, 0.29) is 0 Å². The largest absolute Gasteiger partial charge is 0.342 e. The number of aromatic nitrogens is 3. The molecule has 5 rings (SSSR count). The number of hydrogen-bond donors (Lipinski definition) is 1. The highest BCUT2D eigenvalue weighted by Crippen LogP contribution is 2.48. The molecule has 1 saturated heterocycles. The molecule has 164 valence electrons. The molecule has 2 aliphatic rings. The summed E-state index contributed by atoms with van der Waals surface area (Å²) in [7, 11) is 0. The first-order chi connectivity index (χ1) is 14.9. The lowest BCUT2D eigenvalue weighted by atomic mass is 9.74. The molecule has 1 aliphatic heterocycles. The van der Waals surface area contributed by atoms with Crippen molar-refractivity contribution in [1.29, 1.82) is 0 Å². The quantitative estimate of drug-likeness (QED) is 0.515. The molecule has 2 atom stereocenters. The zero-order chi connectivity index (χ0) is 21.8. The summed E-state index contributed by atoms with van der Waals surface area (Å²) in [4.78, 5) is 14.0. The Bertz CT molecular complexity index is 1120. The molecule has 5 nitrogen and oxygen atoms in total. The first-order valence-corrected chi connectivity index (χ1v) is 12.4. The van der Waals surface area contributed by atoms with Crippen molar-refractivity contribution >= 4 is 46.6 Å². The third-order valence-electron chi connectivity index (χ3n) is 7.02. The van der Waals surface area contributed by atoms with Crippen LogP contribution in [0.25, 0.3) is 5.65 Å². The van der Waals surface area contributed by atoms with Gasteiger partial charge in [-0.3, -0.25) is 4.40 Å². The van der Waals surface area contributed by atoms with Crippen LogP contribution in [0, 0.1) is 18.3 Å². The Morgan fingerprint density at radius 2 is 2.00 bits per heavy atom. The van der Waals surface area contributed by atoms with Crippen molar-refractivity contribution in [1.82, 2.24) is 14.4 Å². The van der Waals surface area contributed by atoms with Gasteiger partial charge in [0, 0.05) is 36.4 Å². The first-order valence-electron chi connectivity index (χ1n) is 10.8. The smallest absolute Gasteiger partial charge is 0.211 e. The van der Waals surface area contributed by atoms with Crippen molar-refractivity contribution in [3.05, 3.63) is 46.3 Å². The first kappa shape index (κ1) is 21.4. The minimum atomic E-state index is 0.304. The lowest BCUT2D eigenvalue weighted by Crippen LogP contribution is -2.47. The molecule has 2 N–H and O–H groups in total. The van der Waals surface area contributed by atoms with E-state index in [0.29, 0.717) is 21.5 Å². The van der Waals surface area contributed by atoms with Crippen LogP contribution in [0.4, 0.5) is 5.95 Å². The Kier molecular flexibility index (Phi) is 5.62. The molecule has 1 aromatic carbocycles. The van der Waals surface area contributed by atoms with Crippen LogP contribution in [-0.2, 0) is 0 Å². The van der Waals surface area contributed by atoms with Crippen LogP contribution < -0.4 is 10.6 Å². The van der Waals surface area contributed by atoms with Crippen LogP contribution in [0.3, 0.4) is 0 Å². The predicted molar refractivity (Wildman–Crippen MR) is 129 cm³/mol. The highest BCUT2D eigenvalue weighted by Gasteiger charge is 2.46. The molecule has 0 radical (unpaired) electrons. The van der Waals surface area contributed by atoms with Crippen molar-refractivity contribution in [3.63, 3.8) is 0 Å². The van der Waals surface area contributed by atoms with Gasteiger partial charge in [0.25, 0.3) is 0 Å². The van der Waals surface area contributed by atoms with E-state index in [0.717, 1.165) is 65.4 Å². The fourth-order valence-corrected chi connectivity index (χ4v) is 6.88. The zero-order valence-corrected chi connectivity index (χ0v) is 20.1. The minimum Gasteiger partial charge on any atom is -0.342 e. The third kappa shape index (κ3) is 3.71. The van der Waals surface area contributed by atoms with Gasteiger partial charge in [0.1, 0.15) is 0 Å². The molecule has 31 heavy (non-hydrogen) atoms. The standard InChI is InChI=1S/C23H27Cl2N5S/c1-14-12-18(26)23(13-14)6-9-29(10-7-23)22-28-15(2)20(21-27-8-11-30(21)22)31-17-5-3-4-16(24)19(17)25/h3-5,8,11,14,18H,6-7,9-10,12-13,26H2,1-2H3/t14-,18+/m0/s1. The lowest BCUT2D eigenvalue weighted by molar-refractivity contribution is 0.192. The van der Waals surface area contributed by atoms with Crippen molar-refractivity contribution < 1.29 is 0 Å². The number of anilines is 1. The molecule has 8 heteroatoms. The molecule has 1 saturated carbocycles. The van der Waals surface area contributed by atoms with E-state index >= 15 is 0 Å². The van der Waals surface area contributed by atoms with Crippen LogP contribution >= 0.6 is 35.0 Å². The van der Waals surface area contributed by atoms with Crippen LogP contribution in [0.1, 0.15) is 38.3 Å². The van der Waals surface area contributed by atoms with Gasteiger partial charge in [-0.25, -0.2) is 9.97 Å². The molecule has 0 bridgehead atoms. The predicted octanol–water partition coefficient (Wildman–Crippen LogP) is 5.84. The van der Waals surface area contributed by atoms with Gasteiger partial charge in [0.05, 0.1) is 20.6 Å². The second kappa shape index (κ2) is 8.14. The summed E-state index contributed by atoms with van der Waals surface area (Å²) in [5.41, 5.74) is 8.71. The summed E-state index contributed by atoms with van der Waals surface area (Å²) >= 11 is 14.2. The second-order valence-electron chi connectivity index (χ2n) is 9.10. The summed E-state index contributed by atoms with van der Waals surface area (Å²) in [6, 6.07) is 6.01. The van der Waals surface area contributed by atoms with Gasteiger partial charge in [-0.2, -0.15) is 0 Å².